The minimum atomic E-state index is -0.241. The smallest absolute Gasteiger partial charge is 0.261 e. The zero-order chi connectivity index (χ0) is 19.6. The van der Waals surface area contributed by atoms with Gasteiger partial charge >= 0.3 is 0 Å². The lowest BCUT2D eigenvalue weighted by molar-refractivity contribution is -0.0792. The van der Waals surface area contributed by atoms with E-state index in [1.807, 2.05) is 17.6 Å². The fourth-order valence-corrected chi connectivity index (χ4v) is 5.20. The van der Waals surface area contributed by atoms with E-state index < -0.39 is 0 Å². The molecule has 1 atom stereocenters. The summed E-state index contributed by atoms with van der Waals surface area (Å²) in [6.07, 6.45) is 4.45. The monoisotopic (exact) mass is 405 g/mol. The van der Waals surface area contributed by atoms with Crippen molar-refractivity contribution in [2.24, 2.45) is 0 Å². The van der Waals surface area contributed by atoms with E-state index in [1.54, 1.807) is 24.8 Å². The highest BCUT2D eigenvalue weighted by Gasteiger charge is 2.40. The Morgan fingerprint density at radius 2 is 2.32 bits per heavy atom. The van der Waals surface area contributed by atoms with Crippen molar-refractivity contribution in [2.45, 2.75) is 44.4 Å². The highest BCUT2D eigenvalue weighted by Crippen LogP contribution is 2.43. The summed E-state index contributed by atoms with van der Waals surface area (Å²) >= 11 is 1.59. The SMILES string of the molecule is COCCn1cnnc1C(C)NC(=O)c1cc2c(s1)CCOC21CCNCC1. The number of thiophene rings is 1. The molecule has 2 N–H and O–H groups in total. The van der Waals surface area contributed by atoms with Crippen molar-refractivity contribution in [1.29, 1.82) is 0 Å². The number of rotatable bonds is 6. The lowest BCUT2D eigenvalue weighted by Crippen LogP contribution is -2.44. The molecule has 0 saturated carbocycles. The molecule has 2 aliphatic rings. The van der Waals surface area contributed by atoms with Crippen molar-refractivity contribution in [2.75, 3.05) is 33.4 Å². The maximum Gasteiger partial charge on any atom is 0.261 e. The molecule has 1 spiro atoms. The number of piperidine rings is 1. The number of nitrogens with one attached hydrogen (secondary N) is 2. The molecule has 4 heterocycles. The third-order valence-corrected chi connectivity index (χ3v) is 6.75. The van der Waals surface area contributed by atoms with E-state index in [0.29, 0.717) is 13.2 Å². The summed E-state index contributed by atoms with van der Waals surface area (Å²) in [6.45, 7) is 5.78. The van der Waals surface area contributed by atoms with Gasteiger partial charge in [0.25, 0.3) is 5.91 Å². The Hall–Kier alpha value is -1.81. The molecule has 1 saturated heterocycles. The van der Waals surface area contributed by atoms with Crippen molar-refractivity contribution in [3.8, 4) is 0 Å². The van der Waals surface area contributed by atoms with Gasteiger partial charge in [-0.05, 0) is 44.5 Å². The van der Waals surface area contributed by atoms with Crippen LogP contribution in [0.4, 0.5) is 0 Å². The molecule has 2 aliphatic heterocycles. The molecule has 0 aliphatic carbocycles. The van der Waals surface area contributed by atoms with Crippen LogP contribution in [0.25, 0.3) is 0 Å². The van der Waals surface area contributed by atoms with Crippen molar-refractivity contribution in [3.63, 3.8) is 0 Å². The zero-order valence-electron chi connectivity index (χ0n) is 16.4. The second-order valence-electron chi connectivity index (χ2n) is 7.36. The van der Waals surface area contributed by atoms with Gasteiger partial charge in [-0.1, -0.05) is 0 Å². The van der Waals surface area contributed by atoms with E-state index in [0.717, 1.165) is 49.7 Å². The Bertz CT molecular complexity index is 827. The first-order chi connectivity index (χ1) is 13.6. The molecule has 1 amide bonds. The summed E-state index contributed by atoms with van der Waals surface area (Å²) in [5, 5.41) is 14.6. The minimum absolute atomic E-state index is 0.0720. The molecule has 152 valence electrons. The normalized spacial score (nSPS) is 19.4. The summed E-state index contributed by atoms with van der Waals surface area (Å²) in [5.74, 6) is 0.655. The van der Waals surface area contributed by atoms with Gasteiger partial charge in [-0.25, -0.2) is 0 Å². The van der Waals surface area contributed by atoms with E-state index in [-0.39, 0.29) is 17.6 Å². The molecule has 9 heteroatoms. The van der Waals surface area contributed by atoms with Crippen molar-refractivity contribution in [3.05, 3.63) is 33.5 Å². The average Bonchev–Trinajstić information content (AvgIpc) is 3.35. The van der Waals surface area contributed by atoms with Crippen LogP contribution in [0.2, 0.25) is 0 Å². The Morgan fingerprint density at radius 3 is 3.11 bits per heavy atom. The second-order valence-corrected chi connectivity index (χ2v) is 8.50. The maximum atomic E-state index is 12.9. The number of amides is 1. The molecule has 28 heavy (non-hydrogen) atoms. The topological polar surface area (TPSA) is 90.3 Å². The molecule has 2 aromatic rings. The summed E-state index contributed by atoms with van der Waals surface area (Å²) in [7, 11) is 1.66. The van der Waals surface area contributed by atoms with Crippen LogP contribution in [0, 0.1) is 0 Å². The first-order valence-electron chi connectivity index (χ1n) is 9.78. The standard InChI is InChI=1S/C19H27N5O3S/c1-13(17-23-21-12-24(17)8-10-26-2)22-18(25)16-11-14-15(28-16)3-9-27-19(14)4-6-20-7-5-19/h11-13,20H,3-10H2,1-2H3,(H,22,25). The van der Waals surface area contributed by atoms with Crippen LogP contribution in [-0.4, -0.2) is 54.1 Å². The van der Waals surface area contributed by atoms with Crippen molar-refractivity contribution < 1.29 is 14.3 Å². The maximum absolute atomic E-state index is 12.9. The number of hydrogen-bond acceptors (Lipinski definition) is 7. The van der Waals surface area contributed by atoms with Crippen LogP contribution in [0.5, 0.6) is 0 Å². The average molecular weight is 406 g/mol. The van der Waals surface area contributed by atoms with E-state index in [9.17, 15) is 4.79 Å². The van der Waals surface area contributed by atoms with E-state index in [4.69, 9.17) is 9.47 Å². The summed E-state index contributed by atoms with van der Waals surface area (Å²) in [6, 6.07) is 1.80. The molecule has 0 radical (unpaired) electrons. The van der Waals surface area contributed by atoms with Crippen molar-refractivity contribution in [1.82, 2.24) is 25.4 Å². The number of carbonyl (C=O) groups excluding carboxylic acids is 1. The lowest BCUT2D eigenvalue weighted by Gasteiger charge is -2.40. The van der Waals surface area contributed by atoms with Crippen LogP contribution < -0.4 is 10.6 Å². The molecular weight excluding hydrogens is 378 g/mol. The van der Waals surface area contributed by atoms with Crippen LogP contribution in [0.3, 0.4) is 0 Å². The van der Waals surface area contributed by atoms with E-state index in [2.05, 4.69) is 20.8 Å². The van der Waals surface area contributed by atoms with Gasteiger partial charge in [0.2, 0.25) is 0 Å². The number of carbonyl (C=O) groups is 1. The largest absolute Gasteiger partial charge is 0.383 e. The highest BCUT2D eigenvalue weighted by atomic mass is 32.1. The Morgan fingerprint density at radius 1 is 1.50 bits per heavy atom. The Balaban J connectivity index is 1.50. The molecule has 2 aromatic heterocycles. The number of aromatic nitrogens is 3. The molecule has 4 rings (SSSR count). The van der Waals surface area contributed by atoms with Crippen LogP contribution >= 0.6 is 11.3 Å². The predicted molar refractivity (Wildman–Crippen MR) is 106 cm³/mol. The fourth-order valence-electron chi connectivity index (χ4n) is 4.07. The van der Waals surface area contributed by atoms with Gasteiger partial charge in [-0.15, -0.1) is 21.5 Å². The van der Waals surface area contributed by atoms with Crippen molar-refractivity contribution >= 4 is 17.2 Å². The molecular formula is C19H27N5O3S. The number of hydrogen-bond donors (Lipinski definition) is 2. The van der Waals surface area contributed by atoms with Gasteiger partial charge in [0.05, 0.1) is 29.7 Å². The molecule has 1 fully saturated rings. The Kier molecular flexibility index (Phi) is 5.77. The minimum Gasteiger partial charge on any atom is -0.383 e. The number of fused-ring (bicyclic) bond motifs is 2. The van der Waals surface area contributed by atoms with E-state index >= 15 is 0 Å². The lowest BCUT2D eigenvalue weighted by atomic mass is 9.83. The van der Waals surface area contributed by atoms with Crippen LogP contribution in [0.15, 0.2) is 12.4 Å². The molecule has 8 nitrogen and oxygen atoms in total. The van der Waals surface area contributed by atoms with Crippen LogP contribution in [-0.2, 0) is 28.0 Å². The molecule has 0 aromatic carbocycles. The second kappa shape index (κ2) is 8.28. The highest BCUT2D eigenvalue weighted by molar-refractivity contribution is 7.14. The van der Waals surface area contributed by atoms with Gasteiger partial charge in [-0.2, -0.15) is 0 Å². The summed E-state index contributed by atoms with van der Waals surface area (Å²) < 4.78 is 13.3. The first-order valence-corrected chi connectivity index (χ1v) is 10.6. The summed E-state index contributed by atoms with van der Waals surface area (Å²) in [4.78, 5) is 15.0. The van der Waals surface area contributed by atoms with E-state index in [1.165, 1.54) is 10.4 Å². The van der Waals surface area contributed by atoms with Gasteiger partial charge in [0.15, 0.2) is 5.82 Å². The van der Waals surface area contributed by atoms with Gasteiger partial charge < -0.3 is 24.7 Å². The predicted octanol–water partition coefficient (Wildman–Crippen LogP) is 1.63. The molecule has 0 bridgehead atoms. The number of nitrogens with zero attached hydrogens (tertiary/aromatic N) is 3. The van der Waals surface area contributed by atoms with Crippen LogP contribution in [0.1, 0.15) is 51.7 Å². The number of ether oxygens (including phenoxy) is 2. The zero-order valence-corrected chi connectivity index (χ0v) is 17.2. The van der Waals surface area contributed by atoms with Gasteiger partial charge in [0.1, 0.15) is 6.33 Å². The van der Waals surface area contributed by atoms with Gasteiger partial charge in [-0.3, -0.25) is 4.79 Å². The molecule has 1 unspecified atom stereocenters. The fraction of sp³-hybridized carbons (Fsp3) is 0.632. The first kappa shape index (κ1) is 19.5. The number of methoxy groups -OCH3 is 1. The third kappa shape index (κ3) is 3.71. The summed E-state index contributed by atoms with van der Waals surface area (Å²) in [5.41, 5.74) is 0.992. The third-order valence-electron chi connectivity index (χ3n) is 5.56. The Labute approximate surface area is 168 Å². The quantitative estimate of drug-likeness (QED) is 0.759. The van der Waals surface area contributed by atoms with Gasteiger partial charge in [0, 0.05) is 25.0 Å².